The van der Waals surface area contributed by atoms with Crippen LogP contribution in [-0.4, -0.2) is 62.0 Å². The molecular weight excluding hydrogens is 305 g/mol. The lowest BCUT2D eigenvalue weighted by atomic mass is 10.1. The molecule has 1 fully saturated rings. The van der Waals surface area contributed by atoms with Gasteiger partial charge in [-0.2, -0.15) is 13.2 Å². The van der Waals surface area contributed by atoms with Gasteiger partial charge in [0.2, 0.25) is 5.91 Å². The summed E-state index contributed by atoms with van der Waals surface area (Å²) in [7, 11) is 0. The van der Waals surface area contributed by atoms with E-state index in [0.29, 0.717) is 32.5 Å². The Morgan fingerprint density at radius 2 is 1.91 bits per heavy atom. The van der Waals surface area contributed by atoms with Crippen molar-refractivity contribution < 1.29 is 32.2 Å². The molecule has 0 atom stereocenters. The smallest absolute Gasteiger partial charge is 0.411 e. The summed E-state index contributed by atoms with van der Waals surface area (Å²) in [6.07, 6.45) is -3.68. The zero-order valence-corrected chi connectivity index (χ0v) is 12.4. The quantitative estimate of drug-likeness (QED) is 0.754. The number of ether oxygens (including phenoxy) is 2. The minimum atomic E-state index is -4.38. The van der Waals surface area contributed by atoms with Crippen LogP contribution in [0.2, 0.25) is 0 Å². The van der Waals surface area contributed by atoms with Crippen molar-refractivity contribution in [1.82, 2.24) is 10.2 Å². The fourth-order valence-electron chi connectivity index (χ4n) is 2.07. The predicted molar refractivity (Wildman–Crippen MR) is 71.3 cm³/mol. The molecule has 1 aliphatic rings. The fourth-order valence-corrected chi connectivity index (χ4v) is 2.07. The number of hydrogen-bond donors (Lipinski definition) is 1. The number of rotatable bonds is 6. The summed E-state index contributed by atoms with van der Waals surface area (Å²) >= 11 is 0. The molecule has 1 saturated heterocycles. The summed E-state index contributed by atoms with van der Waals surface area (Å²) in [5.41, 5.74) is 0. The van der Waals surface area contributed by atoms with Crippen molar-refractivity contribution in [2.75, 3.05) is 32.9 Å². The molecule has 0 aromatic rings. The average Bonchev–Trinajstić information content (AvgIpc) is 2.44. The van der Waals surface area contributed by atoms with Crippen molar-refractivity contribution in [3.05, 3.63) is 0 Å². The lowest BCUT2D eigenvalue weighted by Crippen LogP contribution is -2.46. The van der Waals surface area contributed by atoms with Crippen LogP contribution >= 0.6 is 0 Å². The van der Waals surface area contributed by atoms with Gasteiger partial charge in [0.05, 0.1) is 13.2 Å². The van der Waals surface area contributed by atoms with E-state index in [1.54, 1.807) is 11.8 Å². The topological polar surface area (TPSA) is 67.9 Å². The van der Waals surface area contributed by atoms with Gasteiger partial charge in [-0.15, -0.1) is 0 Å². The maximum atomic E-state index is 11.8. The average molecular weight is 326 g/mol. The Bertz CT molecular complexity index is 369. The third-order valence-corrected chi connectivity index (χ3v) is 3.13. The van der Waals surface area contributed by atoms with Gasteiger partial charge in [0.25, 0.3) is 0 Å². The Morgan fingerprint density at radius 3 is 2.45 bits per heavy atom. The molecule has 0 unspecified atom stereocenters. The largest absolute Gasteiger partial charge is 0.450 e. The highest BCUT2D eigenvalue weighted by Gasteiger charge is 2.27. The molecule has 9 heteroatoms. The van der Waals surface area contributed by atoms with Crippen LogP contribution in [0.15, 0.2) is 0 Å². The van der Waals surface area contributed by atoms with Crippen molar-refractivity contribution in [2.24, 2.45) is 0 Å². The molecule has 0 spiro atoms. The first kappa shape index (κ1) is 18.5. The molecule has 2 amide bonds. The van der Waals surface area contributed by atoms with Crippen molar-refractivity contribution >= 4 is 12.0 Å². The Hall–Kier alpha value is -1.51. The number of nitrogens with zero attached hydrogens (tertiary/aromatic N) is 1. The highest BCUT2D eigenvalue weighted by molar-refractivity contribution is 5.76. The number of amides is 2. The van der Waals surface area contributed by atoms with Gasteiger partial charge < -0.3 is 19.7 Å². The van der Waals surface area contributed by atoms with Crippen LogP contribution in [0.25, 0.3) is 0 Å². The van der Waals surface area contributed by atoms with Crippen molar-refractivity contribution in [2.45, 2.75) is 38.4 Å². The first-order chi connectivity index (χ1) is 10.3. The lowest BCUT2D eigenvalue weighted by Gasteiger charge is -2.31. The number of piperidine rings is 1. The Kier molecular flexibility index (Phi) is 7.43. The summed E-state index contributed by atoms with van der Waals surface area (Å²) in [6.45, 7) is 1.38. The minimum Gasteiger partial charge on any atom is -0.450 e. The van der Waals surface area contributed by atoms with Gasteiger partial charge in [0.15, 0.2) is 0 Å². The third kappa shape index (κ3) is 7.48. The van der Waals surface area contributed by atoms with E-state index in [4.69, 9.17) is 4.74 Å². The van der Waals surface area contributed by atoms with Gasteiger partial charge in [-0.1, -0.05) is 0 Å². The molecule has 0 bridgehead atoms. The van der Waals surface area contributed by atoms with Crippen LogP contribution in [0.5, 0.6) is 0 Å². The maximum absolute atomic E-state index is 11.8. The number of carbonyl (C=O) groups excluding carboxylic acids is 2. The van der Waals surface area contributed by atoms with Crippen LogP contribution in [0.3, 0.4) is 0 Å². The van der Waals surface area contributed by atoms with Crippen molar-refractivity contribution in [1.29, 1.82) is 0 Å². The Morgan fingerprint density at radius 1 is 1.27 bits per heavy atom. The van der Waals surface area contributed by atoms with E-state index in [-0.39, 0.29) is 31.1 Å². The summed E-state index contributed by atoms with van der Waals surface area (Å²) in [6, 6.07) is -0.0826. The summed E-state index contributed by atoms with van der Waals surface area (Å²) in [5.74, 6) is -0.350. The molecule has 0 aromatic carbocycles. The predicted octanol–water partition coefficient (Wildman–Crippen LogP) is 1.69. The van der Waals surface area contributed by atoms with Gasteiger partial charge in [-0.05, 0) is 19.8 Å². The molecule has 0 radical (unpaired) electrons. The second-order valence-electron chi connectivity index (χ2n) is 4.95. The van der Waals surface area contributed by atoms with E-state index in [0.717, 1.165) is 0 Å². The monoisotopic (exact) mass is 326 g/mol. The normalized spacial score (nSPS) is 16.5. The van der Waals surface area contributed by atoms with E-state index in [9.17, 15) is 22.8 Å². The molecular formula is C13H21F3N2O4. The van der Waals surface area contributed by atoms with Crippen LogP contribution in [-0.2, 0) is 14.3 Å². The number of hydrogen-bond acceptors (Lipinski definition) is 4. The molecule has 6 nitrogen and oxygen atoms in total. The second kappa shape index (κ2) is 8.82. The van der Waals surface area contributed by atoms with E-state index < -0.39 is 12.8 Å². The van der Waals surface area contributed by atoms with Gasteiger partial charge in [0.1, 0.15) is 6.61 Å². The van der Waals surface area contributed by atoms with Crippen molar-refractivity contribution in [3.8, 4) is 0 Å². The van der Waals surface area contributed by atoms with Gasteiger partial charge in [-0.25, -0.2) is 4.79 Å². The first-order valence-corrected chi connectivity index (χ1v) is 7.17. The highest BCUT2D eigenvalue weighted by atomic mass is 19.4. The maximum Gasteiger partial charge on any atom is 0.411 e. The second-order valence-corrected chi connectivity index (χ2v) is 4.95. The van der Waals surface area contributed by atoms with Crippen molar-refractivity contribution in [3.63, 3.8) is 0 Å². The third-order valence-electron chi connectivity index (χ3n) is 3.13. The zero-order chi connectivity index (χ0) is 16.6. The molecule has 0 aromatic heterocycles. The van der Waals surface area contributed by atoms with Gasteiger partial charge in [-0.3, -0.25) is 4.79 Å². The standard InChI is InChI=1S/C13H21F3N2O4/c1-2-22-12(20)18-6-3-10(4-7-18)17-11(19)5-8-21-9-13(14,15)16/h10H,2-9H2,1H3,(H,17,19). The summed E-state index contributed by atoms with van der Waals surface area (Å²) in [4.78, 5) is 24.6. The highest BCUT2D eigenvalue weighted by Crippen LogP contribution is 2.14. The molecule has 1 aliphatic heterocycles. The SMILES string of the molecule is CCOC(=O)N1CCC(NC(=O)CCOCC(F)(F)F)CC1. The van der Waals surface area contributed by atoms with Crippen LogP contribution in [0.4, 0.5) is 18.0 Å². The van der Waals surface area contributed by atoms with Crippen LogP contribution in [0.1, 0.15) is 26.2 Å². The molecule has 22 heavy (non-hydrogen) atoms. The van der Waals surface area contributed by atoms with Crippen LogP contribution < -0.4 is 5.32 Å². The number of halogens is 3. The number of alkyl halides is 3. The number of likely N-dealkylation sites (tertiary alicyclic amines) is 1. The fraction of sp³-hybridized carbons (Fsp3) is 0.846. The molecule has 1 rings (SSSR count). The molecule has 128 valence electrons. The molecule has 1 heterocycles. The minimum absolute atomic E-state index is 0.0826. The Labute approximate surface area is 126 Å². The van der Waals surface area contributed by atoms with Gasteiger partial charge >= 0.3 is 12.3 Å². The lowest BCUT2D eigenvalue weighted by molar-refractivity contribution is -0.174. The molecule has 0 aliphatic carbocycles. The van der Waals surface area contributed by atoms with E-state index in [1.165, 1.54) is 0 Å². The number of carbonyl (C=O) groups is 2. The van der Waals surface area contributed by atoms with Crippen LogP contribution in [0, 0.1) is 0 Å². The van der Waals surface area contributed by atoms with E-state index >= 15 is 0 Å². The van der Waals surface area contributed by atoms with E-state index in [1.807, 2.05) is 0 Å². The summed E-state index contributed by atoms with van der Waals surface area (Å²) in [5, 5.41) is 2.73. The number of nitrogens with one attached hydrogen (secondary N) is 1. The first-order valence-electron chi connectivity index (χ1n) is 7.17. The summed E-state index contributed by atoms with van der Waals surface area (Å²) < 4.78 is 44.8. The van der Waals surface area contributed by atoms with E-state index in [2.05, 4.69) is 10.1 Å². The van der Waals surface area contributed by atoms with Gasteiger partial charge in [0, 0.05) is 25.6 Å². The Balaban J connectivity index is 2.15. The molecule has 0 saturated carbocycles. The molecule has 1 N–H and O–H groups in total. The zero-order valence-electron chi connectivity index (χ0n) is 12.4.